The van der Waals surface area contributed by atoms with Crippen LogP contribution >= 0.6 is 0 Å². The van der Waals surface area contributed by atoms with Crippen LogP contribution in [-0.2, 0) is 9.59 Å². The van der Waals surface area contributed by atoms with Crippen LogP contribution < -0.4 is 10.9 Å². The van der Waals surface area contributed by atoms with E-state index in [0.717, 1.165) is 0 Å². The van der Waals surface area contributed by atoms with E-state index in [9.17, 15) is 24.6 Å². The number of hydrogen-bond donors (Lipinski definition) is 4. The molecule has 1 aromatic heterocycles. The molecule has 0 radical (unpaired) electrons. The van der Waals surface area contributed by atoms with Crippen LogP contribution in [0.15, 0.2) is 83.7 Å². The lowest BCUT2D eigenvalue weighted by atomic mass is 10.0. The monoisotopic (exact) mass is 427 g/mol. The van der Waals surface area contributed by atoms with Crippen LogP contribution in [0.3, 0.4) is 0 Å². The number of benzene rings is 3. The first kappa shape index (κ1) is 20.5. The SMILES string of the molecule is O=C(Nc1ccccc1O)C(=O)/C(=C(/O)c1ccccc1)c1nc2ccccc2[nH]c1=O. The van der Waals surface area contributed by atoms with Gasteiger partial charge in [-0.1, -0.05) is 54.6 Å². The van der Waals surface area contributed by atoms with Crippen LogP contribution in [0.2, 0.25) is 0 Å². The highest BCUT2D eigenvalue weighted by molar-refractivity contribution is 6.57. The first-order chi connectivity index (χ1) is 15.5. The maximum absolute atomic E-state index is 13.2. The molecular weight excluding hydrogens is 410 g/mol. The summed E-state index contributed by atoms with van der Waals surface area (Å²) in [4.78, 5) is 45.5. The standard InChI is InChI=1S/C24H17N3O5/c28-18-13-7-6-12-17(18)27-24(32)22(30)19(21(29)14-8-2-1-3-9-14)20-23(31)26-16-11-5-4-10-15(16)25-20/h1-13,28-29H,(H,26,31)(H,27,32)/b21-19+. The Morgan fingerprint density at radius 1 is 0.875 bits per heavy atom. The van der Waals surface area contributed by atoms with E-state index in [4.69, 9.17) is 0 Å². The zero-order valence-corrected chi connectivity index (χ0v) is 16.6. The number of rotatable bonds is 5. The summed E-state index contributed by atoms with van der Waals surface area (Å²) in [6.07, 6.45) is 0. The van der Waals surface area contributed by atoms with Crippen LogP contribution in [0.25, 0.3) is 22.4 Å². The molecule has 3 aromatic carbocycles. The summed E-state index contributed by atoms with van der Waals surface area (Å²) in [6.45, 7) is 0. The van der Waals surface area contributed by atoms with E-state index in [-0.39, 0.29) is 17.0 Å². The zero-order valence-electron chi connectivity index (χ0n) is 16.6. The predicted molar refractivity (Wildman–Crippen MR) is 120 cm³/mol. The van der Waals surface area contributed by atoms with Crippen molar-refractivity contribution in [1.29, 1.82) is 0 Å². The summed E-state index contributed by atoms with van der Waals surface area (Å²) in [7, 11) is 0. The number of nitrogens with zero attached hydrogens (tertiary/aromatic N) is 1. The minimum Gasteiger partial charge on any atom is -0.506 e. The molecular formula is C24H17N3O5. The zero-order chi connectivity index (χ0) is 22.7. The van der Waals surface area contributed by atoms with Gasteiger partial charge in [-0.3, -0.25) is 14.4 Å². The van der Waals surface area contributed by atoms with Gasteiger partial charge in [0.1, 0.15) is 22.8 Å². The number of phenols is 1. The van der Waals surface area contributed by atoms with Gasteiger partial charge < -0.3 is 20.5 Å². The first-order valence-electron chi connectivity index (χ1n) is 9.57. The average molecular weight is 427 g/mol. The Hall–Kier alpha value is -4.72. The number of ketones is 1. The third-order valence-corrected chi connectivity index (χ3v) is 4.71. The second kappa shape index (κ2) is 8.57. The van der Waals surface area contributed by atoms with Crippen molar-refractivity contribution >= 4 is 39.7 Å². The van der Waals surface area contributed by atoms with Gasteiger partial charge in [-0.25, -0.2) is 4.98 Å². The second-order valence-electron chi connectivity index (χ2n) is 6.82. The number of anilines is 1. The number of nitrogens with one attached hydrogen (secondary N) is 2. The van der Waals surface area contributed by atoms with E-state index >= 15 is 0 Å². The summed E-state index contributed by atoms with van der Waals surface area (Å²) in [6, 6.07) is 20.6. The fraction of sp³-hybridized carbons (Fsp3) is 0. The fourth-order valence-corrected chi connectivity index (χ4v) is 3.14. The third-order valence-electron chi connectivity index (χ3n) is 4.71. The summed E-state index contributed by atoms with van der Waals surface area (Å²) in [5.74, 6) is -3.16. The Bertz CT molecular complexity index is 1420. The van der Waals surface area contributed by atoms with Crippen LogP contribution in [-0.4, -0.2) is 31.9 Å². The van der Waals surface area contributed by atoms with Crippen molar-refractivity contribution in [1.82, 2.24) is 9.97 Å². The molecule has 1 amide bonds. The Balaban J connectivity index is 1.87. The number of carbonyl (C=O) groups is 2. The number of aromatic hydroxyl groups is 1. The van der Waals surface area contributed by atoms with Gasteiger partial charge in [0.25, 0.3) is 17.2 Å². The van der Waals surface area contributed by atoms with Gasteiger partial charge in [0.2, 0.25) is 0 Å². The normalized spacial score (nSPS) is 11.6. The quantitative estimate of drug-likeness (QED) is 0.167. The Kier molecular flexibility index (Phi) is 5.50. The van der Waals surface area contributed by atoms with E-state index in [1.165, 1.54) is 24.3 Å². The number of para-hydroxylation sites is 4. The van der Waals surface area contributed by atoms with Crippen molar-refractivity contribution < 1.29 is 19.8 Å². The van der Waals surface area contributed by atoms with Crippen molar-refractivity contribution in [2.75, 3.05) is 5.32 Å². The van der Waals surface area contributed by atoms with Gasteiger partial charge >= 0.3 is 0 Å². The first-order valence-corrected chi connectivity index (χ1v) is 9.57. The molecule has 0 spiro atoms. The lowest BCUT2D eigenvalue weighted by Crippen LogP contribution is -2.28. The minimum absolute atomic E-state index is 0.00443. The highest BCUT2D eigenvalue weighted by Crippen LogP contribution is 2.26. The molecule has 0 saturated heterocycles. The number of H-pyrrole nitrogens is 1. The lowest BCUT2D eigenvalue weighted by molar-refractivity contribution is -0.131. The maximum atomic E-state index is 13.2. The van der Waals surface area contributed by atoms with Crippen molar-refractivity contribution in [2.24, 2.45) is 0 Å². The molecule has 0 fully saturated rings. The topological polar surface area (TPSA) is 132 Å². The van der Waals surface area contributed by atoms with Crippen molar-refractivity contribution in [2.45, 2.75) is 0 Å². The van der Waals surface area contributed by atoms with Gasteiger partial charge in [-0.05, 0) is 24.3 Å². The van der Waals surface area contributed by atoms with Gasteiger partial charge in [0, 0.05) is 5.56 Å². The predicted octanol–water partition coefficient (Wildman–Crippen LogP) is 3.26. The third kappa shape index (κ3) is 3.97. The number of aromatic amines is 1. The maximum Gasteiger partial charge on any atom is 0.297 e. The Morgan fingerprint density at radius 2 is 1.53 bits per heavy atom. The highest BCUT2D eigenvalue weighted by atomic mass is 16.3. The Morgan fingerprint density at radius 3 is 2.28 bits per heavy atom. The number of aliphatic hydroxyl groups excluding tert-OH is 1. The van der Waals surface area contributed by atoms with Crippen LogP contribution in [0, 0.1) is 0 Å². The number of Topliss-reactive ketones (excluding diaryl/α,β-unsaturated/α-hetero) is 1. The van der Waals surface area contributed by atoms with Gasteiger partial charge in [-0.15, -0.1) is 0 Å². The molecule has 0 unspecified atom stereocenters. The number of fused-ring (bicyclic) bond motifs is 1. The Labute approximate surface area is 181 Å². The molecule has 0 aliphatic heterocycles. The van der Waals surface area contributed by atoms with E-state index < -0.39 is 34.3 Å². The van der Waals surface area contributed by atoms with Gasteiger partial charge in [-0.2, -0.15) is 0 Å². The number of aromatic nitrogens is 2. The summed E-state index contributed by atoms with van der Waals surface area (Å²) < 4.78 is 0. The summed E-state index contributed by atoms with van der Waals surface area (Å²) >= 11 is 0. The number of amides is 1. The smallest absolute Gasteiger partial charge is 0.297 e. The van der Waals surface area contributed by atoms with Crippen LogP contribution in [0.5, 0.6) is 5.75 Å². The number of aliphatic hydroxyl groups is 1. The van der Waals surface area contributed by atoms with E-state index in [0.29, 0.717) is 11.0 Å². The average Bonchev–Trinajstić information content (AvgIpc) is 2.81. The lowest BCUT2D eigenvalue weighted by Gasteiger charge is -2.11. The number of phenolic OH excluding ortho intramolecular Hbond substituents is 1. The molecule has 158 valence electrons. The number of carbonyl (C=O) groups excluding carboxylic acids is 2. The van der Waals surface area contributed by atoms with E-state index in [1.54, 1.807) is 54.6 Å². The summed E-state index contributed by atoms with van der Waals surface area (Å²) in [5.41, 5.74) is -0.672. The molecule has 8 nitrogen and oxygen atoms in total. The molecule has 4 N–H and O–H groups in total. The molecule has 0 bridgehead atoms. The molecule has 4 rings (SSSR count). The van der Waals surface area contributed by atoms with E-state index in [1.807, 2.05) is 0 Å². The van der Waals surface area contributed by atoms with Crippen molar-refractivity contribution in [3.63, 3.8) is 0 Å². The minimum atomic E-state index is -1.19. The molecule has 0 saturated carbocycles. The highest BCUT2D eigenvalue weighted by Gasteiger charge is 2.29. The summed E-state index contributed by atoms with van der Waals surface area (Å²) in [5, 5.41) is 23.1. The second-order valence-corrected chi connectivity index (χ2v) is 6.82. The van der Waals surface area contributed by atoms with Crippen molar-refractivity contribution in [3.05, 3.63) is 100 Å². The molecule has 0 aliphatic rings. The largest absolute Gasteiger partial charge is 0.506 e. The molecule has 0 aliphatic carbocycles. The van der Waals surface area contributed by atoms with Crippen molar-refractivity contribution in [3.8, 4) is 5.75 Å². The fourth-order valence-electron chi connectivity index (χ4n) is 3.14. The van der Waals surface area contributed by atoms with Crippen LogP contribution in [0.4, 0.5) is 5.69 Å². The van der Waals surface area contributed by atoms with Gasteiger partial charge in [0.05, 0.1) is 16.7 Å². The molecule has 0 atom stereocenters. The molecule has 8 heteroatoms. The molecule has 1 heterocycles. The molecule has 4 aromatic rings. The molecule has 32 heavy (non-hydrogen) atoms. The number of hydrogen-bond acceptors (Lipinski definition) is 6. The van der Waals surface area contributed by atoms with Crippen LogP contribution in [0.1, 0.15) is 11.3 Å². The van der Waals surface area contributed by atoms with E-state index in [2.05, 4.69) is 15.3 Å². The van der Waals surface area contributed by atoms with Gasteiger partial charge in [0.15, 0.2) is 0 Å².